The fourth-order valence-corrected chi connectivity index (χ4v) is 2.76. The monoisotopic (exact) mass is 314 g/mol. The van der Waals surface area contributed by atoms with Gasteiger partial charge in [-0.1, -0.05) is 24.9 Å². The van der Waals surface area contributed by atoms with Crippen LogP contribution in [0.5, 0.6) is 0 Å². The standard InChI is InChI=1S/C14H23ClN4O2/c1-3-4-5-11-12(15)17-14(16)18-13(11)19-6-7-21-10(8-19)9-20-2/h10H,3-9H2,1-2H3,(H2,16,17,18)/t10-/m0/s1. The minimum atomic E-state index is 0.0396. The Morgan fingerprint density at radius 1 is 1.48 bits per heavy atom. The molecule has 1 atom stereocenters. The number of nitrogens with zero attached hydrogens (tertiary/aromatic N) is 3. The van der Waals surface area contributed by atoms with E-state index in [9.17, 15) is 0 Å². The summed E-state index contributed by atoms with van der Waals surface area (Å²) in [5.41, 5.74) is 6.75. The van der Waals surface area contributed by atoms with Gasteiger partial charge in [-0.3, -0.25) is 0 Å². The van der Waals surface area contributed by atoms with E-state index >= 15 is 0 Å². The summed E-state index contributed by atoms with van der Waals surface area (Å²) in [6.07, 6.45) is 3.04. The lowest BCUT2D eigenvalue weighted by atomic mass is 10.1. The van der Waals surface area contributed by atoms with Crippen molar-refractivity contribution in [1.82, 2.24) is 9.97 Å². The number of anilines is 2. The Morgan fingerprint density at radius 2 is 2.29 bits per heavy atom. The zero-order chi connectivity index (χ0) is 15.2. The molecule has 2 heterocycles. The fourth-order valence-electron chi connectivity index (χ4n) is 2.49. The van der Waals surface area contributed by atoms with Gasteiger partial charge in [-0.05, 0) is 12.8 Å². The Kier molecular flexibility index (Phi) is 6.02. The van der Waals surface area contributed by atoms with E-state index in [1.165, 1.54) is 0 Å². The van der Waals surface area contributed by atoms with Crippen LogP contribution in [0.3, 0.4) is 0 Å². The molecule has 21 heavy (non-hydrogen) atoms. The van der Waals surface area contributed by atoms with E-state index in [0.717, 1.165) is 43.7 Å². The molecular formula is C14H23ClN4O2. The number of nitrogen functional groups attached to an aromatic ring is 1. The number of hydrogen-bond donors (Lipinski definition) is 1. The predicted molar refractivity (Wildman–Crippen MR) is 83.9 cm³/mol. The molecule has 1 fully saturated rings. The Balaban J connectivity index is 2.23. The van der Waals surface area contributed by atoms with Crippen LogP contribution in [0.4, 0.5) is 11.8 Å². The van der Waals surface area contributed by atoms with E-state index in [0.29, 0.717) is 18.4 Å². The Labute approximate surface area is 130 Å². The Bertz CT molecular complexity index is 471. The van der Waals surface area contributed by atoms with Gasteiger partial charge in [0.1, 0.15) is 11.0 Å². The Morgan fingerprint density at radius 3 is 3.00 bits per heavy atom. The first kappa shape index (κ1) is 16.3. The topological polar surface area (TPSA) is 73.5 Å². The molecule has 0 bridgehead atoms. The van der Waals surface area contributed by atoms with Gasteiger partial charge >= 0.3 is 0 Å². The van der Waals surface area contributed by atoms with Crippen molar-refractivity contribution in [3.05, 3.63) is 10.7 Å². The van der Waals surface area contributed by atoms with Crippen molar-refractivity contribution in [3.63, 3.8) is 0 Å². The first-order chi connectivity index (χ1) is 10.2. The van der Waals surface area contributed by atoms with Crippen molar-refractivity contribution in [2.24, 2.45) is 0 Å². The van der Waals surface area contributed by atoms with Crippen molar-refractivity contribution in [3.8, 4) is 0 Å². The molecule has 0 spiro atoms. The molecule has 0 amide bonds. The summed E-state index contributed by atoms with van der Waals surface area (Å²) < 4.78 is 10.9. The maximum atomic E-state index is 6.27. The highest BCUT2D eigenvalue weighted by Gasteiger charge is 2.25. The maximum absolute atomic E-state index is 6.27. The highest BCUT2D eigenvalue weighted by atomic mass is 35.5. The summed E-state index contributed by atoms with van der Waals surface area (Å²) in [4.78, 5) is 10.7. The third-order valence-electron chi connectivity index (χ3n) is 3.52. The number of methoxy groups -OCH3 is 1. The van der Waals surface area contributed by atoms with Crippen LogP contribution in [0.1, 0.15) is 25.3 Å². The zero-order valence-corrected chi connectivity index (χ0v) is 13.4. The second kappa shape index (κ2) is 7.77. The molecule has 0 unspecified atom stereocenters. The number of unbranched alkanes of at least 4 members (excludes halogenated alkanes) is 1. The second-order valence-corrected chi connectivity index (χ2v) is 5.53. The maximum Gasteiger partial charge on any atom is 0.223 e. The highest BCUT2D eigenvalue weighted by molar-refractivity contribution is 6.30. The first-order valence-electron chi connectivity index (χ1n) is 7.33. The van der Waals surface area contributed by atoms with E-state index in [2.05, 4.69) is 21.8 Å². The zero-order valence-electron chi connectivity index (χ0n) is 12.6. The number of morpholine rings is 1. The molecule has 2 rings (SSSR count). The highest BCUT2D eigenvalue weighted by Crippen LogP contribution is 2.28. The number of hydrogen-bond acceptors (Lipinski definition) is 6. The van der Waals surface area contributed by atoms with Crippen LogP contribution in [0.25, 0.3) is 0 Å². The summed E-state index contributed by atoms with van der Waals surface area (Å²) in [5, 5.41) is 0.459. The molecule has 7 heteroatoms. The smallest absolute Gasteiger partial charge is 0.223 e. The summed E-state index contributed by atoms with van der Waals surface area (Å²) >= 11 is 6.27. The molecule has 0 aliphatic carbocycles. The normalized spacial score (nSPS) is 19.0. The van der Waals surface area contributed by atoms with Gasteiger partial charge in [-0.25, -0.2) is 4.98 Å². The van der Waals surface area contributed by atoms with Gasteiger partial charge in [0, 0.05) is 25.8 Å². The largest absolute Gasteiger partial charge is 0.382 e. The number of ether oxygens (including phenoxy) is 2. The molecule has 1 aromatic heterocycles. The molecule has 118 valence electrons. The lowest BCUT2D eigenvalue weighted by Gasteiger charge is -2.34. The second-order valence-electron chi connectivity index (χ2n) is 5.17. The van der Waals surface area contributed by atoms with E-state index in [1.54, 1.807) is 7.11 Å². The van der Waals surface area contributed by atoms with Crippen LogP contribution < -0.4 is 10.6 Å². The summed E-state index contributed by atoms with van der Waals surface area (Å²) in [6, 6.07) is 0. The lowest BCUT2D eigenvalue weighted by molar-refractivity contribution is -0.0102. The third kappa shape index (κ3) is 4.18. The van der Waals surface area contributed by atoms with E-state index in [4.69, 9.17) is 26.8 Å². The Hall–Kier alpha value is -1.11. The molecule has 0 aromatic carbocycles. The molecular weight excluding hydrogens is 292 g/mol. The van der Waals surface area contributed by atoms with Crippen molar-refractivity contribution in [2.45, 2.75) is 32.3 Å². The fraction of sp³-hybridized carbons (Fsp3) is 0.714. The van der Waals surface area contributed by atoms with Crippen molar-refractivity contribution in [2.75, 3.05) is 44.0 Å². The minimum absolute atomic E-state index is 0.0396. The van der Waals surface area contributed by atoms with Gasteiger partial charge in [-0.15, -0.1) is 0 Å². The number of nitrogens with two attached hydrogens (primary N) is 1. The summed E-state index contributed by atoms with van der Waals surface area (Å²) in [7, 11) is 1.68. The summed E-state index contributed by atoms with van der Waals surface area (Å²) in [5.74, 6) is 1.05. The van der Waals surface area contributed by atoms with E-state index in [-0.39, 0.29) is 12.1 Å². The van der Waals surface area contributed by atoms with Gasteiger partial charge in [0.2, 0.25) is 5.95 Å². The van der Waals surface area contributed by atoms with Crippen LogP contribution in [-0.4, -0.2) is 49.5 Å². The van der Waals surface area contributed by atoms with Gasteiger partial charge in [0.05, 0.1) is 19.3 Å². The molecule has 1 aromatic rings. The SMILES string of the molecule is CCCCc1c(Cl)nc(N)nc1N1CCO[C@H](COC)C1. The molecule has 6 nitrogen and oxygen atoms in total. The number of halogens is 1. The van der Waals surface area contributed by atoms with Crippen molar-refractivity contribution < 1.29 is 9.47 Å². The number of rotatable bonds is 6. The van der Waals surface area contributed by atoms with Crippen LogP contribution in [-0.2, 0) is 15.9 Å². The van der Waals surface area contributed by atoms with Crippen LogP contribution in [0, 0.1) is 0 Å². The van der Waals surface area contributed by atoms with E-state index in [1.807, 2.05) is 0 Å². The average molecular weight is 315 g/mol. The third-order valence-corrected chi connectivity index (χ3v) is 3.84. The minimum Gasteiger partial charge on any atom is -0.382 e. The number of aromatic nitrogens is 2. The van der Waals surface area contributed by atoms with Crippen LogP contribution in [0.15, 0.2) is 0 Å². The van der Waals surface area contributed by atoms with Gasteiger partial charge in [0.25, 0.3) is 0 Å². The average Bonchev–Trinajstić information content (AvgIpc) is 2.46. The first-order valence-corrected chi connectivity index (χ1v) is 7.70. The molecule has 0 radical (unpaired) electrons. The molecule has 0 saturated carbocycles. The van der Waals surface area contributed by atoms with Gasteiger partial charge < -0.3 is 20.1 Å². The molecule has 1 aliphatic heterocycles. The quantitative estimate of drug-likeness (QED) is 0.809. The van der Waals surface area contributed by atoms with Crippen LogP contribution in [0.2, 0.25) is 5.15 Å². The predicted octanol–water partition coefficient (Wildman–Crippen LogP) is 1.91. The lowest BCUT2D eigenvalue weighted by Crippen LogP contribution is -2.45. The molecule has 2 N–H and O–H groups in total. The van der Waals surface area contributed by atoms with Gasteiger partial charge in [0.15, 0.2) is 0 Å². The van der Waals surface area contributed by atoms with Crippen molar-refractivity contribution in [1.29, 1.82) is 0 Å². The molecule has 1 aliphatic rings. The van der Waals surface area contributed by atoms with Gasteiger partial charge in [-0.2, -0.15) is 4.98 Å². The molecule has 1 saturated heterocycles. The van der Waals surface area contributed by atoms with Crippen LogP contribution >= 0.6 is 11.6 Å². The van der Waals surface area contributed by atoms with E-state index < -0.39 is 0 Å². The van der Waals surface area contributed by atoms with Crippen molar-refractivity contribution >= 4 is 23.4 Å². The summed E-state index contributed by atoms with van der Waals surface area (Å²) in [6.45, 7) is 4.85.